The average Bonchev–Trinajstić information content (AvgIpc) is 2.67. The predicted octanol–water partition coefficient (Wildman–Crippen LogP) is 4.07. The maximum Gasteiger partial charge on any atom is 0.233 e. The van der Waals surface area contributed by atoms with Gasteiger partial charge in [0.15, 0.2) is 11.5 Å². The van der Waals surface area contributed by atoms with Gasteiger partial charge in [-0.2, -0.15) is 0 Å². The van der Waals surface area contributed by atoms with E-state index in [1.165, 1.54) is 11.8 Å². The number of nitrogens with one attached hydrogen (secondary N) is 1. The number of carbonyl (C=O) groups excluding carboxylic acids is 1. The Labute approximate surface area is 159 Å². The summed E-state index contributed by atoms with van der Waals surface area (Å²) in [4.78, 5) is 13.6. The van der Waals surface area contributed by atoms with Crippen LogP contribution in [-0.2, 0) is 4.79 Å². The van der Waals surface area contributed by atoms with Gasteiger partial charge in [-0.1, -0.05) is 18.2 Å². The molecular weight excluding hydrogens is 350 g/mol. The first-order valence-corrected chi connectivity index (χ1v) is 9.20. The van der Waals surface area contributed by atoms with E-state index in [1.807, 2.05) is 56.3 Å². The number of rotatable bonds is 8. The van der Waals surface area contributed by atoms with Gasteiger partial charge in [0.25, 0.3) is 0 Å². The fraction of sp³-hybridized carbons (Fsp3) is 0.350. The molecule has 1 amide bonds. The molecule has 0 aliphatic carbocycles. The second kappa shape index (κ2) is 9.38. The zero-order chi connectivity index (χ0) is 19.1. The molecule has 0 heterocycles. The maximum absolute atomic E-state index is 12.5. The second-order valence-corrected chi connectivity index (χ2v) is 7.18. The van der Waals surface area contributed by atoms with E-state index in [-0.39, 0.29) is 17.2 Å². The van der Waals surface area contributed by atoms with Crippen LogP contribution < -0.4 is 19.5 Å². The number of benzene rings is 2. The minimum Gasteiger partial charge on any atom is -0.493 e. The van der Waals surface area contributed by atoms with Gasteiger partial charge in [0, 0.05) is 4.90 Å². The van der Waals surface area contributed by atoms with E-state index in [0.717, 1.165) is 10.5 Å². The molecule has 140 valence electrons. The Morgan fingerprint density at radius 2 is 1.54 bits per heavy atom. The summed E-state index contributed by atoms with van der Waals surface area (Å²) in [5.74, 6) is 1.63. The highest BCUT2D eigenvalue weighted by atomic mass is 32.2. The van der Waals surface area contributed by atoms with Gasteiger partial charge in [-0.3, -0.25) is 4.79 Å². The molecule has 0 fully saturated rings. The summed E-state index contributed by atoms with van der Waals surface area (Å²) in [6.45, 7) is 3.83. The van der Waals surface area contributed by atoms with Crippen LogP contribution in [0.4, 0.5) is 0 Å². The van der Waals surface area contributed by atoms with Crippen molar-refractivity contribution in [2.75, 3.05) is 21.3 Å². The van der Waals surface area contributed by atoms with Gasteiger partial charge < -0.3 is 19.5 Å². The summed E-state index contributed by atoms with van der Waals surface area (Å²) >= 11 is 1.53. The minimum atomic E-state index is -0.207. The molecule has 1 N–H and O–H groups in total. The third kappa shape index (κ3) is 4.85. The fourth-order valence-electron chi connectivity index (χ4n) is 2.52. The number of thioether (sulfide) groups is 1. The lowest BCUT2D eigenvalue weighted by atomic mass is 10.1. The molecule has 6 heteroatoms. The van der Waals surface area contributed by atoms with E-state index in [1.54, 1.807) is 21.3 Å². The fourth-order valence-corrected chi connectivity index (χ4v) is 3.42. The number of methoxy groups -OCH3 is 3. The molecule has 0 radical (unpaired) electrons. The summed E-state index contributed by atoms with van der Waals surface area (Å²) < 4.78 is 16.1. The molecule has 2 aromatic rings. The van der Waals surface area contributed by atoms with Crippen molar-refractivity contribution in [2.45, 2.75) is 30.0 Å². The van der Waals surface area contributed by atoms with Crippen LogP contribution in [0, 0.1) is 0 Å². The van der Waals surface area contributed by atoms with Crippen molar-refractivity contribution >= 4 is 17.7 Å². The molecule has 5 nitrogen and oxygen atoms in total. The second-order valence-electron chi connectivity index (χ2n) is 5.76. The van der Waals surface area contributed by atoms with E-state index < -0.39 is 0 Å². The largest absolute Gasteiger partial charge is 0.493 e. The lowest BCUT2D eigenvalue weighted by Crippen LogP contribution is -2.33. The van der Waals surface area contributed by atoms with E-state index in [2.05, 4.69) is 5.32 Å². The maximum atomic E-state index is 12.5. The number of carbonyl (C=O) groups is 1. The van der Waals surface area contributed by atoms with Gasteiger partial charge >= 0.3 is 0 Å². The Morgan fingerprint density at radius 3 is 2.04 bits per heavy atom. The highest BCUT2D eigenvalue weighted by Gasteiger charge is 2.20. The first kappa shape index (κ1) is 20.0. The third-order valence-electron chi connectivity index (χ3n) is 3.97. The molecule has 0 aliphatic heterocycles. The zero-order valence-corrected chi connectivity index (χ0v) is 16.6. The van der Waals surface area contributed by atoms with Crippen molar-refractivity contribution in [1.82, 2.24) is 5.32 Å². The van der Waals surface area contributed by atoms with E-state index in [9.17, 15) is 4.79 Å². The summed E-state index contributed by atoms with van der Waals surface area (Å²) in [5, 5.41) is 2.84. The lowest BCUT2D eigenvalue weighted by Gasteiger charge is -2.20. The van der Waals surface area contributed by atoms with Crippen LogP contribution in [0.3, 0.4) is 0 Å². The summed E-state index contributed by atoms with van der Waals surface area (Å²) in [6.07, 6.45) is 0. The summed E-state index contributed by atoms with van der Waals surface area (Å²) in [5.41, 5.74) is 0.879. The highest BCUT2D eigenvalue weighted by molar-refractivity contribution is 8.00. The van der Waals surface area contributed by atoms with E-state index in [0.29, 0.717) is 17.2 Å². The number of amides is 1. The minimum absolute atomic E-state index is 0.0277. The molecule has 0 bridgehead atoms. The molecular formula is C20H25NO4S. The van der Waals surface area contributed by atoms with Crippen molar-refractivity contribution in [3.8, 4) is 17.2 Å². The van der Waals surface area contributed by atoms with Gasteiger partial charge in [-0.05, 0) is 43.7 Å². The van der Waals surface area contributed by atoms with Crippen molar-refractivity contribution in [2.24, 2.45) is 0 Å². The molecule has 0 saturated carbocycles. The zero-order valence-electron chi connectivity index (χ0n) is 15.7. The Bertz CT molecular complexity index is 711. The Hall–Kier alpha value is -2.34. The van der Waals surface area contributed by atoms with Gasteiger partial charge in [0.05, 0.1) is 32.6 Å². The van der Waals surface area contributed by atoms with Gasteiger partial charge in [-0.25, -0.2) is 0 Å². The monoisotopic (exact) mass is 375 g/mol. The first-order valence-electron chi connectivity index (χ1n) is 8.32. The molecule has 0 aromatic heterocycles. The number of hydrogen-bond acceptors (Lipinski definition) is 5. The Balaban J connectivity index is 2.11. The van der Waals surface area contributed by atoms with Crippen LogP contribution in [0.2, 0.25) is 0 Å². The quantitative estimate of drug-likeness (QED) is 0.705. The standard InChI is InChI=1S/C20H25NO4S/c1-13(15-11-17(23-3)19(25-5)18(12-15)24-4)21-20(22)14(2)26-16-9-7-6-8-10-16/h6-14H,1-5H3,(H,21,22). The van der Waals surface area contributed by atoms with Crippen molar-refractivity contribution in [3.05, 3.63) is 48.0 Å². The molecule has 0 spiro atoms. The van der Waals surface area contributed by atoms with Crippen LogP contribution in [-0.4, -0.2) is 32.5 Å². The number of ether oxygens (including phenoxy) is 3. The third-order valence-corrected chi connectivity index (χ3v) is 5.08. The topological polar surface area (TPSA) is 56.8 Å². The van der Waals surface area contributed by atoms with Crippen molar-refractivity contribution in [3.63, 3.8) is 0 Å². The molecule has 2 atom stereocenters. The molecule has 26 heavy (non-hydrogen) atoms. The number of hydrogen-bond donors (Lipinski definition) is 1. The van der Waals surface area contributed by atoms with Crippen LogP contribution in [0.15, 0.2) is 47.4 Å². The SMILES string of the molecule is COc1cc(C(C)NC(=O)C(C)Sc2ccccc2)cc(OC)c1OC. The van der Waals surface area contributed by atoms with Crippen LogP contribution >= 0.6 is 11.8 Å². The molecule has 2 unspecified atom stereocenters. The van der Waals surface area contributed by atoms with Crippen molar-refractivity contribution in [1.29, 1.82) is 0 Å². The normalized spacial score (nSPS) is 12.8. The van der Waals surface area contributed by atoms with E-state index in [4.69, 9.17) is 14.2 Å². The summed E-state index contributed by atoms with van der Waals surface area (Å²) in [6, 6.07) is 13.4. The van der Waals surface area contributed by atoms with Gasteiger partial charge in [0.1, 0.15) is 0 Å². The smallest absolute Gasteiger partial charge is 0.233 e. The molecule has 0 saturated heterocycles. The van der Waals surface area contributed by atoms with Crippen molar-refractivity contribution < 1.29 is 19.0 Å². The van der Waals surface area contributed by atoms with Crippen LogP contribution in [0.5, 0.6) is 17.2 Å². The van der Waals surface area contributed by atoms with Gasteiger partial charge in [-0.15, -0.1) is 11.8 Å². The summed E-state index contributed by atoms with van der Waals surface area (Å²) in [7, 11) is 4.71. The highest BCUT2D eigenvalue weighted by Crippen LogP contribution is 2.39. The predicted molar refractivity (Wildman–Crippen MR) is 104 cm³/mol. The molecule has 2 rings (SSSR count). The van der Waals surface area contributed by atoms with Gasteiger partial charge in [0.2, 0.25) is 11.7 Å². The van der Waals surface area contributed by atoms with Crippen LogP contribution in [0.1, 0.15) is 25.5 Å². The average molecular weight is 375 g/mol. The van der Waals surface area contributed by atoms with Crippen LogP contribution in [0.25, 0.3) is 0 Å². The Kier molecular flexibility index (Phi) is 7.21. The van der Waals surface area contributed by atoms with E-state index >= 15 is 0 Å². The first-order chi connectivity index (χ1) is 12.5. The molecule has 0 aliphatic rings. The molecule has 2 aromatic carbocycles. The Morgan fingerprint density at radius 1 is 0.962 bits per heavy atom. The lowest BCUT2D eigenvalue weighted by molar-refractivity contribution is -0.120.